The van der Waals surface area contributed by atoms with E-state index >= 15 is 0 Å². The summed E-state index contributed by atoms with van der Waals surface area (Å²) in [6.45, 7) is 2.97. The van der Waals surface area contributed by atoms with E-state index < -0.39 is 28.3 Å². The lowest BCUT2D eigenvalue weighted by Crippen LogP contribution is -2.49. The van der Waals surface area contributed by atoms with Gasteiger partial charge in [0.1, 0.15) is 6.10 Å². The van der Waals surface area contributed by atoms with Crippen molar-refractivity contribution in [2.75, 3.05) is 33.8 Å². The maximum absolute atomic E-state index is 12.6. The lowest BCUT2D eigenvalue weighted by atomic mass is 10.1. The van der Waals surface area contributed by atoms with Gasteiger partial charge in [-0.15, -0.1) is 0 Å². The Morgan fingerprint density at radius 1 is 1.21 bits per heavy atom. The molecule has 1 heterocycles. The number of sulfonamides is 1. The van der Waals surface area contributed by atoms with Crippen molar-refractivity contribution in [2.45, 2.75) is 42.9 Å². The monoisotopic (exact) mass is 425 g/mol. The summed E-state index contributed by atoms with van der Waals surface area (Å²) in [5, 5.41) is 12.5. The molecule has 1 aliphatic heterocycles. The Bertz CT molecular complexity index is 793. The van der Waals surface area contributed by atoms with Crippen LogP contribution in [0.25, 0.3) is 0 Å². The summed E-state index contributed by atoms with van der Waals surface area (Å²) >= 11 is 0. The average Bonchev–Trinajstić information content (AvgIpc) is 2.66. The molecule has 0 saturated heterocycles. The minimum absolute atomic E-state index is 0.117. The molecule has 1 aliphatic rings. The van der Waals surface area contributed by atoms with Gasteiger partial charge in [-0.25, -0.2) is 13.1 Å². The number of carbonyl (C=O) groups excluding carboxylic acids is 1. The fourth-order valence-corrected chi connectivity index (χ4v) is 4.17. The second-order valence-corrected chi connectivity index (χ2v) is 9.17. The van der Waals surface area contributed by atoms with Crippen molar-refractivity contribution in [1.29, 1.82) is 0 Å². The highest BCUT2D eigenvalue weighted by Gasteiger charge is 2.31. The molecule has 2 rings (SSSR count). The van der Waals surface area contributed by atoms with Gasteiger partial charge in [0, 0.05) is 6.54 Å². The standard InChI is InChI=1S/C20H31N3O5S/c1-15-5-8-17(9-6-15)29(26,27)22-18-10-7-16(28-19(18)14-24)13-20(25)21-11-4-12-23(2)3/h5-10,16,18-19,22,24H,4,11-14H2,1-3H3,(H,21,25)/t16-,18+,19+/m0/s1. The van der Waals surface area contributed by atoms with Crippen LogP contribution in [0.5, 0.6) is 0 Å². The van der Waals surface area contributed by atoms with Crippen molar-refractivity contribution in [3.8, 4) is 0 Å². The lowest BCUT2D eigenvalue weighted by molar-refractivity contribution is -0.125. The molecule has 0 aromatic heterocycles. The number of benzene rings is 1. The van der Waals surface area contributed by atoms with Crippen molar-refractivity contribution in [1.82, 2.24) is 14.9 Å². The first-order valence-electron chi connectivity index (χ1n) is 9.66. The van der Waals surface area contributed by atoms with E-state index in [0.717, 1.165) is 18.5 Å². The average molecular weight is 426 g/mol. The molecule has 0 bridgehead atoms. The number of nitrogens with zero attached hydrogens (tertiary/aromatic N) is 1. The summed E-state index contributed by atoms with van der Waals surface area (Å²) in [7, 11) is 0.189. The summed E-state index contributed by atoms with van der Waals surface area (Å²) in [5.74, 6) is -0.145. The maximum Gasteiger partial charge on any atom is 0.241 e. The third-order valence-electron chi connectivity index (χ3n) is 4.58. The van der Waals surface area contributed by atoms with E-state index in [1.165, 1.54) is 12.1 Å². The van der Waals surface area contributed by atoms with E-state index in [9.17, 15) is 18.3 Å². The predicted molar refractivity (Wildman–Crippen MR) is 111 cm³/mol. The van der Waals surface area contributed by atoms with Gasteiger partial charge in [0.2, 0.25) is 15.9 Å². The van der Waals surface area contributed by atoms with Crippen molar-refractivity contribution >= 4 is 15.9 Å². The molecule has 162 valence electrons. The molecule has 8 nitrogen and oxygen atoms in total. The van der Waals surface area contributed by atoms with Gasteiger partial charge in [-0.1, -0.05) is 29.8 Å². The summed E-state index contributed by atoms with van der Waals surface area (Å²) in [6.07, 6.45) is 2.98. The Labute approximate surface area is 173 Å². The van der Waals surface area contributed by atoms with Gasteiger partial charge in [-0.2, -0.15) is 0 Å². The number of hydrogen-bond donors (Lipinski definition) is 3. The molecule has 0 fully saturated rings. The highest BCUT2D eigenvalue weighted by molar-refractivity contribution is 7.89. The molecule has 0 aliphatic carbocycles. The fraction of sp³-hybridized carbons (Fsp3) is 0.550. The third-order valence-corrected chi connectivity index (χ3v) is 6.05. The summed E-state index contributed by atoms with van der Waals surface area (Å²) in [5.41, 5.74) is 0.959. The van der Waals surface area contributed by atoms with Crippen LogP contribution in [0.3, 0.4) is 0 Å². The van der Waals surface area contributed by atoms with Gasteiger partial charge in [0.15, 0.2) is 0 Å². The maximum atomic E-state index is 12.6. The predicted octanol–water partition coefficient (Wildman–Crippen LogP) is 0.416. The SMILES string of the molecule is Cc1ccc(S(=O)(=O)N[C@@H]2C=C[C@@H](CC(=O)NCCCN(C)C)O[C@@H]2CO)cc1. The van der Waals surface area contributed by atoms with E-state index in [2.05, 4.69) is 10.0 Å². The third kappa shape index (κ3) is 7.52. The quantitative estimate of drug-likeness (QED) is 0.370. The van der Waals surface area contributed by atoms with Crippen LogP contribution in [0.15, 0.2) is 41.3 Å². The molecule has 1 amide bonds. The molecule has 29 heavy (non-hydrogen) atoms. The number of rotatable bonds is 10. The van der Waals surface area contributed by atoms with Gasteiger partial charge < -0.3 is 20.1 Å². The molecule has 0 unspecified atom stereocenters. The molecule has 3 N–H and O–H groups in total. The Morgan fingerprint density at radius 3 is 2.52 bits per heavy atom. The van der Waals surface area contributed by atoms with E-state index in [1.54, 1.807) is 24.3 Å². The smallest absolute Gasteiger partial charge is 0.241 e. The zero-order valence-corrected chi connectivity index (χ0v) is 18.0. The number of ether oxygens (including phenoxy) is 1. The van der Waals surface area contributed by atoms with Crippen LogP contribution in [0, 0.1) is 6.92 Å². The van der Waals surface area contributed by atoms with E-state index in [1.807, 2.05) is 25.9 Å². The zero-order valence-electron chi connectivity index (χ0n) is 17.2. The number of aryl methyl sites for hydroxylation is 1. The molecule has 1 aromatic carbocycles. The van der Waals surface area contributed by atoms with Crippen LogP contribution in [-0.4, -0.2) is 76.4 Å². The van der Waals surface area contributed by atoms with E-state index in [4.69, 9.17) is 4.74 Å². The number of hydrogen-bond acceptors (Lipinski definition) is 6. The van der Waals surface area contributed by atoms with Gasteiger partial charge in [-0.3, -0.25) is 4.79 Å². The second kappa shape index (κ2) is 10.8. The second-order valence-electron chi connectivity index (χ2n) is 7.45. The van der Waals surface area contributed by atoms with Gasteiger partial charge in [0.25, 0.3) is 0 Å². The fourth-order valence-electron chi connectivity index (χ4n) is 2.95. The molecule has 1 aromatic rings. The Balaban J connectivity index is 1.92. The first-order chi connectivity index (χ1) is 13.7. The van der Waals surface area contributed by atoms with Crippen LogP contribution in [0.4, 0.5) is 0 Å². The highest BCUT2D eigenvalue weighted by Crippen LogP contribution is 2.18. The number of aliphatic hydroxyl groups excluding tert-OH is 1. The van der Waals surface area contributed by atoms with Crippen molar-refractivity contribution < 1.29 is 23.1 Å². The highest BCUT2D eigenvalue weighted by atomic mass is 32.2. The van der Waals surface area contributed by atoms with E-state index in [0.29, 0.717) is 6.54 Å². The van der Waals surface area contributed by atoms with Crippen molar-refractivity contribution in [2.24, 2.45) is 0 Å². The van der Waals surface area contributed by atoms with Crippen LogP contribution < -0.4 is 10.0 Å². The number of carbonyl (C=O) groups is 1. The molecule has 0 spiro atoms. The molecular weight excluding hydrogens is 394 g/mol. The number of nitrogens with one attached hydrogen (secondary N) is 2. The zero-order chi connectivity index (χ0) is 21.4. The number of aliphatic hydroxyl groups is 1. The summed E-state index contributed by atoms with van der Waals surface area (Å²) in [6, 6.07) is 5.78. The van der Waals surface area contributed by atoms with Crippen LogP contribution in [0.2, 0.25) is 0 Å². The first kappa shape index (κ1) is 23.5. The van der Waals surface area contributed by atoms with Crippen molar-refractivity contribution in [3.05, 3.63) is 42.0 Å². The van der Waals surface area contributed by atoms with Crippen LogP contribution >= 0.6 is 0 Å². The van der Waals surface area contributed by atoms with Gasteiger partial charge >= 0.3 is 0 Å². The van der Waals surface area contributed by atoms with Gasteiger partial charge in [0.05, 0.1) is 30.1 Å². The van der Waals surface area contributed by atoms with E-state index in [-0.39, 0.29) is 23.8 Å². The minimum atomic E-state index is -3.76. The molecular formula is C20H31N3O5S. The first-order valence-corrected chi connectivity index (χ1v) is 11.1. The minimum Gasteiger partial charge on any atom is -0.394 e. The van der Waals surface area contributed by atoms with Gasteiger partial charge in [-0.05, 0) is 46.1 Å². The lowest BCUT2D eigenvalue weighted by Gasteiger charge is -2.31. The largest absolute Gasteiger partial charge is 0.394 e. The summed E-state index contributed by atoms with van der Waals surface area (Å²) < 4.78 is 33.4. The Hall–Kier alpha value is -1.78. The molecule has 0 radical (unpaired) electrons. The van der Waals surface area contributed by atoms with Crippen LogP contribution in [0.1, 0.15) is 18.4 Å². The summed E-state index contributed by atoms with van der Waals surface area (Å²) in [4.78, 5) is 14.3. The molecule has 3 atom stereocenters. The van der Waals surface area contributed by atoms with Crippen molar-refractivity contribution in [3.63, 3.8) is 0 Å². The Kier molecular flexibility index (Phi) is 8.79. The number of amides is 1. The Morgan fingerprint density at radius 2 is 1.90 bits per heavy atom. The topological polar surface area (TPSA) is 108 Å². The van der Waals surface area contributed by atoms with Crippen LogP contribution in [-0.2, 0) is 19.6 Å². The normalized spacial score (nSPS) is 22.0. The molecule has 0 saturated carbocycles. The molecule has 9 heteroatoms.